The quantitative estimate of drug-likeness (QED) is 0.879. The lowest BCUT2D eigenvalue weighted by atomic mass is 10.1. The zero-order chi connectivity index (χ0) is 14.7. The number of ether oxygens (including phenoxy) is 1. The average molecular weight is 356 g/mol. The number of hydrogen-bond donors (Lipinski definition) is 1. The van der Waals surface area contributed by atoms with Crippen LogP contribution >= 0.6 is 27.5 Å². The lowest BCUT2D eigenvalue weighted by molar-refractivity contribution is 0.458. The molecule has 1 atom stereocenters. The van der Waals surface area contributed by atoms with Crippen molar-refractivity contribution in [2.45, 2.75) is 26.3 Å². The molecule has 1 unspecified atom stereocenters. The van der Waals surface area contributed by atoms with Gasteiger partial charge in [0.05, 0.1) is 5.02 Å². The Bertz CT molecular complexity index is 617. The van der Waals surface area contributed by atoms with Gasteiger partial charge < -0.3 is 10.5 Å². The summed E-state index contributed by atoms with van der Waals surface area (Å²) in [6, 6.07) is 7.63. The van der Waals surface area contributed by atoms with E-state index in [-0.39, 0.29) is 6.04 Å². The van der Waals surface area contributed by atoms with Crippen molar-refractivity contribution >= 4 is 27.5 Å². The minimum absolute atomic E-state index is 0.115. The van der Waals surface area contributed by atoms with Gasteiger partial charge in [-0.25, -0.2) is 4.98 Å². The lowest BCUT2D eigenvalue weighted by Gasteiger charge is -2.11. The Hall–Kier alpha value is -1.10. The Kier molecular flexibility index (Phi) is 5.02. The number of halogens is 2. The molecule has 0 radical (unpaired) electrons. The summed E-state index contributed by atoms with van der Waals surface area (Å²) >= 11 is 9.49. The van der Waals surface area contributed by atoms with E-state index >= 15 is 0 Å². The molecular weight excluding hydrogens is 340 g/mol. The molecular formula is C15H16BrClN2O. The topological polar surface area (TPSA) is 48.1 Å². The molecule has 3 nitrogen and oxygen atoms in total. The first kappa shape index (κ1) is 15.3. The molecule has 0 aliphatic carbocycles. The molecule has 106 valence electrons. The SMILES string of the molecule is Cc1cc(CC(C)N)cnc1Oc1ccc(Br)cc1Cl. The van der Waals surface area contributed by atoms with Crippen molar-refractivity contribution in [1.29, 1.82) is 0 Å². The van der Waals surface area contributed by atoms with E-state index < -0.39 is 0 Å². The minimum atomic E-state index is 0.115. The van der Waals surface area contributed by atoms with Gasteiger partial charge in [0.15, 0.2) is 0 Å². The van der Waals surface area contributed by atoms with E-state index in [2.05, 4.69) is 20.9 Å². The summed E-state index contributed by atoms with van der Waals surface area (Å²) in [4.78, 5) is 4.34. The Morgan fingerprint density at radius 3 is 2.75 bits per heavy atom. The van der Waals surface area contributed by atoms with Crippen molar-refractivity contribution in [2.24, 2.45) is 5.73 Å². The van der Waals surface area contributed by atoms with Crippen LogP contribution in [0.25, 0.3) is 0 Å². The van der Waals surface area contributed by atoms with Gasteiger partial charge in [-0.3, -0.25) is 0 Å². The third-order valence-corrected chi connectivity index (χ3v) is 3.53. The summed E-state index contributed by atoms with van der Waals surface area (Å²) in [5, 5.41) is 0.542. The fraction of sp³-hybridized carbons (Fsp3) is 0.267. The van der Waals surface area contributed by atoms with E-state index in [1.807, 2.05) is 32.0 Å². The molecule has 0 aliphatic heterocycles. The van der Waals surface area contributed by atoms with Gasteiger partial charge in [-0.05, 0) is 50.1 Å². The summed E-state index contributed by atoms with van der Waals surface area (Å²) in [5.74, 6) is 1.15. The Labute approximate surface area is 132 Å². The van der Waals surface area contributed by atoms with E-state index in [1.165, 1.54) is 0 Å². The molecule has 0 aliphatic rings. The van der Waals surface area contributed by atoms with Gasteiger partial charge in [0.1, 0.15) is 5.75 Å². The molecule has 5 heteroatoms. The van der Waals surface area contributed by atoms with Gasteiger partial charge in [-0.15, -0.1) is 0 Å². The number of aromatic nitrogens is 1. The van der Waals surface area contributed by atoms with Crippen molar-refractivity contribution in [1.82, 2.24) is 4.98 Å². The zero-order valence-corrected chi connectivity index (χ0v) is 13.7. The fourth-order valence-corrected chi connectivity index (χ4v) is 2.58. The average Bonchev–Trinajstić information content (AvgIpc) is 2.34. The molecule has 20 heavy (non-hydrogen) atoms. The van der Waals surface area contributed by atoms with E-state index in [4.69, 9.17) is 22.1 Å². The van der Waals surface area contributed by atoms with Crippen LogP contribution in [0.5, 0.6) is 11.6 Å². The number of aryl methyl sites for hydroxylation is 1. The number of benzene rings is 1. The van der Waals surface area contributed by atoms with E-state index in [9.17, 15) is 0 Å². The maximum Gasteiger partial charge on any atom is 0.222 e. The first-order valence-corrected chi connectivity index (χ1v) is 7.47. The summed E-state index contributed by atoms with van der Waals surface area (Å²) in [6.07, 6.45) is 2.59. The van der Waals surface area contributed by atoms with Gasteiger partial charge in [0.25, 0.3) is 0 Å². The van der Waals surface area contributed by atoms with Gasteiger partial charge in [0.2, 0.25) is 5.88 Å². The van der Waals surface area contributed by atoms with Gasteiger partial charge >= 0.3 is 0 Å². The van der Waals surface area contributed by atoms with Crippen LogP contribution in [0, 0.1) is 6.92 Å². The molecule has 1 heterocycles. The van der Waals surface area contributed by atoms with Crippen molar-refractivity contribution in [3.8, 4) is 11.6 Å². The second-order valence-corrected chi connectivity index (χ2v) is 6.15. The number of nitrogens with two attached hydrogens (primary N) is 1. The first-order chi connectivity index (χ1) is 9.45. The molecule has 0 fully saturated rings. The number of nitrogens with zero attached hydrogens (tertiary/aromatic N) is 1. The monoisotopic (exact) mass is 354 g/mol. The third kappa shape index (κ3) is 3.95. The van der Waals surface area contributed by atoms with Crippen LogP contribution in [-0.2, 0) is 6.42 Å². The molecule has 0 bridgehead atoms. The molecule has 2 aromatic rings. The summed E-state index contributed by atoms with van der Waals surface area (Å²) in [6.45, 7) is 3.93. The number of pyridine rings is 1. The highest BCUT2D eigenvalue weighted by Crippen LogP contribution is 2.32. The second-order valence-electron chi connectivity index (χ2n) is 4.82. The molecule has 0 saturated heterocycles. The van der Waals surface area contributed by atoms with Crippen LogP contribution in [0.15, 0.2) is 34.9 Å². The van der Waals surface area contributed by atoms with Crippen molar-refractivity contribution in [2.75, 3.05) is 0 Å². The Balaban J connectivity index is 2.21. The zero-order valence-electron chi connectivity index (χ0n) is 11.4. The van der Waals surface area contributed by atoms with Crippen LogP contribution in [0.1, 0.15) is 18.1 Å². The van der Waals surface area contributed by atoms with Gasteiger partial charge in [0, 0.05) is 22.3 Å². The van der Waals surface area contributed by atoms with Crippen molar-refractivity contribution in [3.05, 3.63) is 51.1 Å². The number of rotatable bonds is 4. The third-order valence-electron chi connectivity index (χ3n) is 2.75. The molecule has 2 rings (SSSR count). The maximum absolute atomic E-state index is 6.13. The maximum atomic E-state index is 6.13. The fourth-order valence-electron chi connectivity index (χ4n) is 1.87. The molecule has 0 amide bonds. The van der Waals surface area contributed by atoms with E-state index in [0.29, 0.717) is 16.7 Å². The van der Waals surface area contributed by atoms with Crippen molar-refractivity contribution < 1.29 is 4.74 Å². The highest BCUT2D eigenvalue weighted by molar-refractivity contribution is 9.10. The van der Waals surface area contributed by atoms with Crippen LogP contribution in [0.3, 0.4) is 0 Å². The molecule has 1 aromatic carbocycles. The molecule has 1 aromatic heterocycles. The highest BCUT2D eigenvalue weighted by atomic mass is 79.9. The molecule has 0 spiro atoms. The van der Waals surface area contributed by atoms with Gasteiger partial charge in [-0.2, -0.15) is 0 Å². The first-order valence-electron chi connectivity index (χ1n) is 6.29. The largest absolute Gasteiger partial charge is 0.437 e. The summed E-state index contributed by atoms with van der Waals surface area (Å²) in [5.41, 5.74) is 7.85. The van der Waals surface area contributed by atoms with E-state index in [0.717, 1.165) is 22.0 Å². The van der Waals surface area contributed by atoms with Crippen molar-refractivity contribution in [3.63, 3.8) is 0 Å². The molecule has 2 N–H and O–H groups in total. The van der Waals surface area contributed by atoms with Gasteiger partial charge in [-0.1, -0.05) is 27.5 Å². The van der Waals surface area contributed by atoms with E-state index in [1.54, 1.807) is 12.3 Å². The van der Waals surface area contributed by atoms with Crippen LogP contribution < -0.4 is 10.5 Å². The summed E-state index contributed by atoms with van der Waals surface area (Å²) < 4.78 is 6.67. The minimum Gasteiger partial charge on any atom is -0.437 e. The predicted octanol–water partition coefficient (Wildman–Crippen LogP) is 4.49. The van der Waals surface area contributed by atoms with Crippen LogP contribution in [0.4, 0.5) is 0 Å². The molecule has 0 saturated carbocycles. The van der Waals surface area contributed by atoms with Crippen LogP contribution in [0.2, 0.25) is 5.02 Å². The Morgan fingerprint density at radius 1 is 1.40 bits per heavy atom. The second kappa shape index (κ2) is 6.57. The smallest absolute Gasteiger partial charge is 0.222 e. The highest BCUT2D eigenvalue weighted by Gasteiger charge is 2.09. The number of hydrogen-bond acceptors (Lipinski definition) is 3. The predicted molar refractivity (Wildman–Crippen MR) is 85.6 cm³/mol. The summed E-state index contributed by atoms with van der Waals surface area (Å²) in [7, 11) is 0. The lowest BCUT2D eigenvalue weighted by Crippen LogP contribution is -2.17. The normalized spacial score (nSPS) is 12.2. The Morgan fingerprint density at radius 2 is 2.15 bits per heavy atom. The van der Waals surface area contributed by atoms with Crippen LogP contribution in [-0.4, -0.2) is 11.0 Å². The standard InChI is InChI=1S/C15H16BrClN2O/c1-9-5-11(6-10(2)18)8-19-15(9)20-14-4-3-12(16)7-13(14)17/h3-5,7-8,10H,6,18H2,1-2H3.